The fourth-order valence-corrected chi connectivity index (χ4v) is 5.68. The quantitative estimate of drug-likeness (QED) is 0.700. The molecule has 2 amide bonds. The van der Waals surface area contributed by atoms with Gasteiger partial charge in [0, 0.05) is 32.4 Å². The van der Waals surface area contributed by atoms with Crippen LogP contribution in [-0.2, 0) is 21.4 Å². The third-order valence-electron chi connectivity index (χ3n) is 5.91. The van der Waals surface area contributed by atoms with Gasteiger partial charge in [0.25, 0.3) is 5.91 Å². The molecule has 2 fully saturated rings. The minimum atomic E-state index is -3.80. The molecule has 2 aromatic rings. The van der Waals surface area contributed by atoms with Gasteiger partial charge in [-0.05, 0) is 50.8 Å². The SMILES string of the molecule is Cc1ccc(CNC(=O)[C@H]2CCCN(S(=O)(=O)c3c[nH]c(C(=O)N4CCCC4)c3)C2)o1. The lowest BCUT2D eigenvalue weighted by Gasteiger charge is -2.30. The Hall–Kier alpha value is -2.59. The normalized spacial score (nSPS) is 20.2. The molecule has 0 aliphatic carbocycles. The van der Waals surface area contributed by atoms with Crippen LogP contribution in [0.25, 0.3) is 0 Å². The van der Waals surface area contributed by atoms with E-state index in [0.717, 1.165) is 18.6 Å². The Labute approximate surface area is 181 Å². The molecule has 2 saturated heterocycles. The summed E-state index contributed by atoms with van der Waals surface area (Å²) in [5.41, 5.74) is 0.278. The van der Waals surface area contributed by atoms with Gasteiger partial charge in [0.2, 0.25) is 15.9 Å². The van der Waals surface area contributed by atoms with Crippen molar-refractivity contribution in [2.45, 2.75) is 44.0 Å². The van der Waals surface area contributed by atoms with Gasteiger partial charge < -0.3 is 19.6 Å². The van der Waals surface area contributed by atoms with Crippen LogP contribution in [-0.4, -0.2) is 60.6 Å². The van der Waals surface area contributed by atoms with Gasteiger partial charge in [0.05, 0.1) is 12.5 Å². The molecule has 0 aromatic carbocycles. The second-order valence-electron chi connectivity index (χ2n) is 8.18. The van der Waals surface area contributed by atoms with Crippen LogP contribution in [0.15, 0.2) is 33.7 Å². The Balaban J connectivity index is 1.40. The number of nitrogens with zero attached hydrogens (tertiary/aromatic N) is 2. The maximum atomic E-state index is 13.1. The Morgan fingerprint density at radius 2 is 1.97 bits per heavy atom. The van der Waals surface area contributed by atoms with Crippen molar-refractivity contribution >= 4 is 21.8 Å². The third kappa shape index (κ3) is 4.69. The summed E-state index contributed by atoms with van der Waals surface area (Å²) in [5, 5.41) is 2.83. The number of nitrogens with one attached hydrogen (secondary N) is 2. The number of aromatic nitrogens is 1. The van der Waals surface area contributed by atoms with E-state index in [9.17, 15) is 18.0 Å². The van der Waals surface area contributed by atoms with E-state index < -0.39 is 15.9 Å². The summed E-state index contributed by atoms with van der Waals surface area (Å²) in [4.78, 5) is 29.7. The van der Waals surface area contributed by atoms with E-state index in [1.54, 1.807) is 11.0 Å². The molecule has 10 heteroatoms. The van der Waals surface area contributed by atoms with Gasteiger partial charge in [-0.25, -0.2) is 8.42 Å². The van der Waals surface area contributed by atoms with Crippen LogP contribution in [0.3, 0.4) is 0 Å². The molecule has 2 N–H and O–H groups in total. The van der Waals surface area contributed by atoms with Crippen LogP contribution < -0.4 is 5.32 Å². The largest absolute Gasteiger partial charge is 0.465 e. The topological polar surface area (TPSA) is 116 Å². The Morgan fingerprint density at radius 1 is 1.19 bits per heavy atom. The van der Waals surface area contributed by atoms with Crippen LogP contribution >= 0.6 is 0 Å². The highest BCUT2D eigenvalue weighted by Gasteiger charge is 2.34. The Morgan fingerprint density at radius 3 is 2.68 bits per heavy atom. The number of aryl methyl sites for hydroxylation is 1. The lowest BCUT2D eigenvalue weighted by atomic mass is 9.99. The average Bonchev–Trinajstić information content (AvgIpc) is 3.53. The molecule has 1 atom stereocenters. The highest BCUT2D eigenvalue weighted by Crippen LogP contribution is 2.25. The molecule has 4 heterocycles. The van der Waals surface area contributed by atoms with Crippen molar-refractivity contribution in [1.29, 1.82) is 0 Å². The van der Waals surface area contributed by atoms with Crippen molar-refractivity contribution < 1.29 is 22.4 Å². The molecule has 0 saturated carbocycles. The number of H-pyrrole nitrogens is 1. The molecule has 9 nitrogen and oxygen atoms in total. The first kappa shape index (κ1) is 21.6. The van der Waals surface area contributed by atoms with Crippen molar-refractivity contribution in [1.82, 2.24) is 19.5 Å². The van der Waals surface area contributed by atoms with E-state index in [1.165, 1.54) is 16.6 Å². The number of furan rings is 1. The number of hydrogen-bond acceptors (Lipinski definition) is 5. The minimum Gasteiger partial charge on any atom is -0.465 e. The van der Waals surface area contributed by atoms with Crippen LogP contribution in [0, 0.1) is 12.8 Å². The van der Waals surface area contributed by atoms with Crippen LogP contribution in [0.1, 0.15) is 47.7 Å². The van der Waals surface area contributed by atoms with Gasteiger partial charge in [-0.1, -0.05) is 0 Å². The van der Waals surface area contributed by atoms with Crippen LogP contribution in [0.5, 0.6) is 0 Å². The molecule has 0 unspecified atom stereocenters. The summed E-state index contributed by atoms with van der Waals surface area (Å²) in [5.74, 6) is 0.641. The number of sulfonamides is 1. The number of carbonyl (C=O) groups is 2. The number of rotatable bonds is 6. The maximum absolute atomic E-state index is 13.1. The molecule has 2 aliphatic rings. The standard InChI is InChI=1S/C21H28N4O5S/c1-15-6-7-17(30-15)12-23-20(26)16-5-4-10-25(14-16)31(28,29)18-11-19(22-13-18)21(27)24-8-2-3-9-24/h6-7,11,13,16,22H,2-5,8-10,12,14H2,1H3,(H,23,26)/t16-/m0/s1. The Bertz CT molecular complexity index is 1050. The van der Waals surface area contributed by atoms with Crippen LogP contribution in [0.4, 0.5) is 0 Å². The van der Waals surface area contributed by atoms with Gasteiger partial charge in [-0.3, -0.25) is 9.59 Å². The molecule has 2 aliphatic heterocycles. The van der Waals surface area contributed by atoms with Crippen LogP contribution in [0.2, 0.25) is 0 Å². The fraction of sp³-hybridized carbons (Fsp3) is 0.524. The van der Waals surface area contributed by atoms with Crippen molar-refractivity contribution in [3.63, 3.8) is 0 Å². The van der Waals surface area contributed by atoms with E-state index in [0.29, 0.717) is 38.2 Å². The van der Waals surface area contributed by atoms with E-state index in [1.807, 2.05) is 13.0 Å². The number of carbonyl (C=O) groups excluding carboxylic acids is 2. The molecule has 0 radical (unpaired) electrons. The lowest BCUT2D eigenvalue weighted by Crippen LogP contribution is -2.45. The maximum Gasteiger partial charge on any atom is 0.270 e. The first-order valence-electron chi connectivity index (χ1n) is 10.7. The summed E-state index contributed by atoms with van der Waals surface area (Å²) < 4.78 is 33.1. The smallest absolute Gasteiger partial charge is 0.270 e. The fourth-order valence-electron chi connectivity index (χ4n) is 4.16. The monoisotopic (exact) mass is 448 g/mol. The van der Waals surface area contributed by atoms with Crippen molar-refractivity contribution in [3.05, 3.63) is 41.6 Å². The predicted molar refractivity (Wildman–Crippen MR) is 113 cm³/mol. The van der Waals surface area contributed by atoms with Gasteiger partial charge in [-0.15, -0.1) is 0 Å². The van der Waals surface area contributed by atoms with E-state index in [-0.39, 0.29) is 35.5 Å². The first-order chi connectivity index (χ1) is 14.8. The summed E-state index contributed by atoms with van der Waals surface area (Å²) in [6, 6.07) is 5.04. The van der Waals surface area contributed by atoms with Crippen molar-refractivity contribution in [2.24, 2.45) is 5.92 Å². The molecular formula is C21H28N4O5S. The van der Waals surface area contributed by atoms with Crippen molar-refractivity contribution in [3.8, 4) is 0 Å². The predicted octanol–water partition coefficient (Wildman–Crippen LogP) is 1.87. The second-order valence-corrected chi connectivity index (χ2v) is 10.1. The molecule has 0 bridgehead atoms. The highest BCUT2D eigenvalue weighted by atomic mass is 32.2. The number of hydrogen-bond donors (Lipinski definition) is 2. The zero-order valence-electron chi connectivity index (χ0n) is 17.6. The third-order valence-corrected chi connectivity index (χ3v) is 7.75. The summed E-state index contributed by atoms with van der Waals surface area (Å²) in [6.45, 7) is 3.97. The number of likely N-dealkylation sites (tertiary alicyclic amines) is 1. The summed E-state index contributed by atoms with van der Waals surface area (Å²) >= 11 is 0. The average molecular weight is 449 g/mol. The summed E-state index contributed by atoms with van der Waals surface area (Å²) in [6.07, 6.45) is 4.52. The highest BCUT2D eigenvalue weighted by molar-refractivity contribution is 7.89. The van der Waals surface area contributed by atoms with Crippen molar-refractivity contribution in [2.75, 3.05) is 26.2 Å². The molecule has 2 aromatic heterocycles. The second kappa shape index (κ2) is 8.88. The zero-order valence-corrected chi connectivity index (χ0v) is 18.4. The lowest BCUT2D eigenvalue weighted by molar-refractivity contribution is -0.126. The Kier molecular flexibility index (Phi) is 6.19. The van der Waals surface area contributed by atoms with Gasteiger partial charge in [-0.2, -0.15) is 4.31 Å². The number of piperidine rings is 1. The number of aromatic amines is 1. The molecule has 168 valence electrons. The molecule has 4 rings (SSSR count). The van der Waals surface area contributed by atoms with Gasteiger partial charge in [0.15, 0.2) is 0 Å². The van der Waals surface area contributed by atoms with E-state index >= 15 is 0 Å². The van der Waals surface area contributed by atoms with E-state index in [4.69, 9.17) is 4.42 Å². The number of amides is 2. The molecular weight excluding hydrogens is 420 g/mol. The molecule has 31 heavy (non-hydrogen) atoms. The van der Waals surface area contributed by atoms with E-state index in [2.05, 4.69) is 10.3 Å². The zero-order chi connectivity index (χ0) is 22.0. The minimum absolute atomic E-state index is 0.0576. The van der Waals surface area contributed by atoms with Gasteiger partial charge >= 0.3 is 0 Å². The first-order valence-corrected chi connectivity index (χ1v) is 12.1. The summed E-state index contributed by atoms with van der Waals surface area (Å²) in [7, 11) is -3.80. The van der Waals surface area contributed by atoms with Gasteiger partial charge in [0.1, 0.15) is 22.1 Å². The molecule has 0 spiro atoms.